The molecule has 0 saturated heterocycles. The normalized spacial score (nSPS) is 11.1. The van der Waals surface area contributed by atoms with E-state index >= 15 is 0 Å². The summed E-state index contributed by atoms with van der Waals surface area (Å²) in [6.45, 7) is 2.11. The van der Waals surface area contributed by atoms with Crippen LogP contribution in [0, 0.1) is 6.92 Å². The van der Waals surface area contributed by atoms with Crippen LogP contribution >= 0.6 is 0 Å². The zero-order valence-electron chi connectivity index (χ0n) is 25.7. The van der Waals surface area contributed by atoms with Gasteiger partial charge in [-0.3, -0.25) is 4.98 Å². The molecule has 0 atom stereocenters. The van der Waals surface area contributed by atoms with E-state index in [4.69, 9.17) is 24.9 Å². The van der Waals surface area contributed by atoms with Crippen molar-refractivity contribution in [2.24, 2.45) is 0 Å². The Morgan fingerprint density at radius 2 is 0.851 bits per heavy atom. The fraction of sp³-hybridized carbons (Fsp3) is 0.0238. The number of hydrogen-bond donors (Lipinski definition) is 0. The van der Waals surface area contributed by atoms with Gasteiger partial charge >= 0.3 is 0 Å². The number of benzene rings is 5. The monoisotopic (exact) mass is 603 g/mol. The SMILES string of the molecule is Cc1cc(-c2ccccc2)nc(-c2cc(-c3cnc4ccccc4c3)cc(-c3nc(-c4ccccc4)nc(-c4ccccc4)n3)c2)c1. The number of aromatic nitrogens is 5. The summed E-state index contributed by atoms with van der Waals surface area (Å²) >= 11 is 0. The van der Waals surface area contributed by atoms with E-state index in [0.29, 0.717) is 17.5 Å². The van der Waals surface area contributed by atoms with E-state index in [1.807, 2.05) is 103 Å². The number of fused-ring (bicyclic) bond motifs is 1. The molecule has 3 aromatic heterocycles. The van der Waals surface area contributed by atoms with Crippen LogP contribution in [0.2, 0.25) is 0 Å². The summed E-state index contributed by atoms with van der Waals surface area (Å²) in [6, 6.07) is 51.5. The van der Waals surface area contributed by atoms with Crippen LogP contribution in [0.3, 0.4) is 0 Å². The molecular formula is C42H29N5. The lowest BCUT2D eigenvalue weighted by Crippen LogP contribution is -2.01. The molecule has 222 valence electrons. The third kappa shape index (κ3) is 5.90. The first-order valence-electron chi connectivity index (χ1n) is 15.6. The number of nitrogens with zero attached hydrogens (tertiary/aromatic N) is 5. The minimum absolute atomic E-state index is 0.588. The van der Waals surface area contributed by atoms with Crippen molar-refractivity contribution in [3.05, 3.63) is 163 Å². The van der Waals surface area contributed by atoms with Gasteiger partial charge in [-0.05, 0) is 60.5 Å². The molecule has 0 spiro atoms. The minimum Gasteiger partial charge on any atom is -0.256 e. The maximum Gasteiger partial charge on any atom is 0.164 e. The highest BCUT2D eigenvalue weighted by atomic mass is 15.0. The van der Waals surface area contributed by atoms with E-state index in [9.17, 15) is 0 Å². The van der Waals surface area contributed by atoms with Gasteiger partial charge in [0, 0.05) is 45.0 Å². The van der Waals surface area contributed by atoms with Crippen molar-refractivity contribution in [2.45, 2.75) is 6.92 Å². The smallest absolute Gasteiger partial charge is 0.164 e. The summed E-state index contributed by atoms with van der Waals surface area (Å²) in [5.74, 6) is 1.83. The van der Waals surface area contributed by atoms with Crippen molar-refractivity contribution >= 4 is 10.9 Å². The Balaban J connectivity index is 1.36. The summed E-state index contributed by atoms with van der Waals surface area (Å²) in [5, 5.41) is 1.08. The molecule has 0 bridgehead atoms. The van der Waals surface area contributed by atoms with Crippen LogP contribution in [0.1, 0.15) is 5.56 Å². The van der Waals surface area contributed by atoms with Crippen LogP contribution < -0.4 is 0 Å². The molecule has 47 heavy (non-hydrogen) atoms. The Kier molecular flexibility index (Phi) is 7.32. The molecule has 0 saturated carbocycles. The van der Waals surface area contributed by atoms with Gasteiger partial charge < -0.3 is 0 Å². The quantitative estimate of drug-likeness (QED) is 0.189. The number of rotatable bonds is 6. The van der Waals surface area contributed by atoms with Crippen molar-refractivity contribution in [1.29, 1.82) is 0 Å². The first-order valence-corrected chi connectivity index (χ1v) is 15.6. The topological polar surface area (TPSA) is 64.5 Å². The minimum atomic E-state index is 0.588. The predicted molar refractivity (Wildman–Crippen MR) is 190 cm³/mol. The number of pyridine rings is 2. The van der Waals surface area contributed by atoms with Crippen LogP contribution in [0.4, 0.5) is 0 Å². The molecule has 5 heteroatoms. The molecule has 0 aliphatic heterocycles. The standard InChI is InChI=1S/C42H29N5/c1-28-21-38(29-13-5-2-6-14-29)44-39(22-28)34-24-33(36-23-32-19-11-12-20-37(32)43-27-36)25-35(26-34)42-46-40(30-15-7-3-8-16-30)45-41(47-42)31-17-9-4-10-18-31/h2-27H,1H3. The molecule has 8 rings (SSSR count). The number of para-hydroxylation sites is 1. The van der Waals surface area contributed by atoms with Crippen LogP contribution in [0.15, 0.2) is 158 Å². The van der Waals surface area contributed by atoms with Crippen LogP contribution in [0.25, 0.3) is 78.7 Å². The molecule has 5 nitrogen and oxygen atoms in total. The van der Waals surface area contributed by atoms with E-state index in [0.717, 1.165) is 66.8 Å². The average Bonchev–Trinajstić information content (AvgIpc) is 3.15. The molecule has 3 heterocycles. The highest BCUT2D eigenvalue weighted by Gasteiger charge is 2.16. The summed E-state index contributed by atoms with van der Waals surface area (Å²) in [5.41, 5.74) is 10.7. The molecule has 0 unspecified atom stereocenters. The van der Waals surface area contributed by atoms with Crippen molar-refractivity contribution in [2.75, 3.05) is 0 Å². The molecule has 0 aliphatic rings. The third-order valence-corrected chi connectivity index (χ3v) is 8.15. The summed E-state index contributed by atoms with van der Waals surface area (Å²) in [6.07, 6.45) is 1.93. The zero-order chi connectivity index (χ0) is 31.6. The average molecular weight is 604 g/mol. The molecule has 0 fully saturated rings. The molecule has 0 radical (unpaired) electrons. The van der Waals surface area contributed by atoms with Gasteiger partial charge in [0.1, 0.15) is 0 Å². The Morgan fingerprint density at radius 3 is 1.49 bits per heavy atom. The lowest BCUT2D eigenvalue weighted by molar-refractivity contribution is 1.07. The Bertz CT molecular complexity index is 2300. The molecule has 8 aromatic rings. The van der Waals surface area contributed by atoms with Gasteiger partial charge in [0.15, 0.2) is 17.5 Å². The fourth-order valence-corrected chi connectivity index (χ4v) is 5.81. The highest BCUT2D eigenvalue weighted by molar-refractivity contribution is 5.86. The van der Waals surface area contributed by atoms with Crippen molar-refractivity contribution in [3.63, 3.8) is 0 Å². The highest BCUT2D eigenvalue weighted by Crippen LogP contribution is 2.34. The maximum absolute atomic E-state index is 5.16. The lowest BCUT2D eigenvalue weighted by atomic mass is 9.97. The largest absolute Gasteiger partial charge is 0.256 e. The van der Waals surface area contributed by atoms with E-state index in [-0.39, 0.29) is 0 Å². The Morgan fingerprint density at radius 1 is 0.362 bits per heavy atom. The predicted octanol–water partition coefficient (Wildman–Crippen LogP) is 10.1. The fourth-order valence-electron chi connectivity index (χ4n) is 5.81. The number of aryl methyl sites for hydroxylation is 1. The van der Waals surface area contributed by atoms with E-state index in [1.165, 1.54) is 0 Å². The summed E-state index contributed by atoms with van der Waals surface area (Å²) in [7, 11) is 0. The molecule has 0 amide bonds. The van der Waals surface area contributed by atoms with E-state index < -0.39 is 0 Å². The first kappa shape index (κ1) is 28.2. The second-order valence-electron chi connectivity index (χ2n) is 11.5. The van der Waals surface area contributed by atoms with Gasteiger partial charge in [0.05, 0.1) is 16.9 Å². The van der Waals surface area contributed by atoms with Gasteiger partial charge in [0.2, 0.25) is 0 Å². The molecule has 0 aliphatic carbocycles. The van der Waals surface area contributed by atoms with Crippen LogP contribution in [-0.2, 0) is 0 Å². The van der Waals surface area contributed by atoms with Gasteiger partial charge in [-0.25, -0.2) is 19.9 Å². The zero-order valence-corrected chi connectivity index (χ0v) is 25.7. The maximum atomic E-state index is 5.16. The number of hydrogen-bond acceptors (Lipinski definition) is 5. The van der Waals surface area contributed by atoms with Crippen LogP contribution in [0.5, 0.6) is 0 Å². The van der Waals surface area contributed by atoms with Crippen molar-refractivity contribution in [1.82, 2.24) is 24.9 Å². The van der Waals surface area contributed by atoms with Gasteiger partial charge in [-0.15, -0.1) is 0 Å². The van der Waals surface area contributed by atoms with Gasteiger partial charge in [0.25, 0.3) is 0 Å². The molecule has 0 N–H and O–H groups in total. The van der Waals surface area contributed by atoms with Gasteiger partial charge in [-0.1, -0.05) is 109 Å². The third-order valence-electron chi connectivity index (χ3n) is 8.15. The summed E-state index contributed by atoms with van der Waals surface area (Å²) < 4.78 is 0. The second-order valence-corrected chi connectivity index (χ2v) is 11.5. The lowest BCUT2D eigenvalue weighted by Gasteiger charge is -2.13. The van der Waals surface area contributed by atoms with Gasteiger partial charge in [-0.2, -0.15) is 0 Å². The van der Waals surface area contributed by atoms with E-state index in [1.54, 1.807) is 0 Å². The summed E-state index contributed by atoms with van der Waals surface area (Å²) in [4.78, 5) is 24.9. The Labute approximate surface area is 273 Å². The van der Waals surface area contributed by atoms with Crippen molar-refractivity contribution < 1.29 is 0 Å². The van der Waals surface area contributed by atoms with Crippen LogP contribution in [-0.4, -0.2) is 24.9 Å². The Hall–Kier alpha value is -6.33. The molecule has 5 aromatic carbocycles. The van der Waals surface area contributed by atoms with Crippen molar-refractivity contribution in [3.8, 4) is 67.8 Å². The van der Waals surface area contributed by atoms with E-state index in [2.05, 4.69) is 61.5 Å². The second kappa shape index (κ2) is 12.2. The molecular weight excluding hydrogens is 574 g/mol. The first-order chi connectivity index (χ1) is 23.2.